The summed E-state index contributed by atoms with van der Waals surface area (Å²) in [5.41, 5.74) is 0.918. The van der Waals surface area contributed by atoms with Crippen molar-refractivity contribution >= 4 is 12.0 Å². The Morgan fingerprint density at radius 1 is 1.33 bits per heavy atom. The van der Waals surface area contributed by atoms with Crippen molar-refractivity contribution in [3.8, 4) is 0 Å². The van der Waals surface area contributed by atoms with E-state index in [1.807, 2.05) is 18.2 Å². The van der Waals surface area contributed by atoms with Gasteiger partial charge in [0, 0.05) is 31.4 Å². The number of carbonyl (C=O) groups excluding carboxylic acids is 1. The van der Waals surface area contributed by atoms with Crippen molar-refractivity contribution in [2.24, 2.45) is 0 Å². The normalized spacial score (nSPS) is 21.0. The number of nitrogens with zero attached hydrogens (tertiary/aromatic N) is 1. The Labute approximate surface area is 122 Å². The van der Waals surface area contributed by atoms with Crippen LogP contribution in [-0.4, -0.2) is 47.4 Å². The van der Waals surface area contributed by atoms with Gasteiger partial charge in [0.25, 0.3) is 0 Å². The highest BCUT2D eigenvalue weighted by molar-refractivity contribution is 5.74. The highest BCUT2D eigenvalue weighted by Crippen LogP contribution is 2.19. The molecule has 2 unspecified atom stereocenters. The minimum absolute atomic E-state index is 0.229. The number of urea groups is 1. The van der Waals surface area contributed by atoms with E-state index in [9.17, 15) is 9.59 Å². The predicted molar refractivity (Wildman–Crippen MR) is 74.9 cm³/mol. The number of hydrogen-bond donors (Lipinski definition) is 3. The lowest BCUT2D eigenvalue weighted by Gasteiger charge is -2.13. The SMILES string of the molecule is O=C(NCCc1ccccn1)NCC1CCC(C(=O)O)O1. The maximum Gasteiger partial charge on any atom is 0.332 e. The summed E-state index contributed by atoms with van der Waals surface area (Å²) < 4.78 is 5.30. The van der Waals surface area contributed by atoms with Crippen LogP contribution in [-0.2, 0) is 16.0 Å². The fourth-order valence-electron chi connectivity index (χ4n) is 2.16. The van der Waals surface area contributed by atoms with Crippen LogP contribution in [0.1, 0.15) is 18.5 Å². The lowest BCUT2D eigenvalue weighted by molar-refractivity contribution is -0.149. The lowest BCUT2D eigenvalue weighted by Crippen LogP contribution is -2.40. The fraction of sp³-hybridized carbons (Fsp3) is 0.500. The van der Waals surface area contributed by atoms with Gasteiger partial charge < -0.3 is 20.5 Å². The first-order valence-electron chi connectivity index (χ1n) is 6.95. The molecule has 0 bridgehead atoms. The van der Waals surface area contributed by atoms with Gasteiger partial charge in [0.05, 0.1) is 6.10 Å². The first-order valence-corrected chi connectivity index (χ1v) is 6.95. The molecule has 2 atom stereocenters. The Morgan fingerprint density at radius 2 is 2.19 bits per heavy atom. The zero-order valence-electron chi connectivity index (χ0n) is 11.6. The summed E-state index contributed by atoms with van der Waals surface area (Å²) in [6, 6.07) is 5.36. The maximum absolute atomic E-state index is 11.6. The van der Waals surface area contributed by atoms with Gasteiger partial charge in [-0.25, -0.2) is 9.59 Å². The van der Waals surface area contributed by atoms with E-state index in [-0.39, 0.29) is 12.1 Å². The molecule has 1 aromatic heterocycles. The molecule has 0 saturated carbocycles. The summed E-state index contributed by atoms with van der Waals surface area (Å²) in [6.45, 7) is 0.811. The van der Waals surface area contributed by atoms with E-state index in [1.54, 1.807) is 6.20 Å². The molecule has 2 rings (SSSR count). The summed E-state index contributed by atoms with van der Waals surface area (Å²) >= 11 is 0. The monoisotopic (exact) mass is 293 g/mol. The molecule has 1 fully saturated rings. The van der Waals surface area contributed by atoms with Crippen LogP contribution in [0.25, 0.3) is 0 Å². The molecule has 0 spiro atoms. The number of hydrogen-bond acceptors (Lipinski definition) is 4. The molecular weight excluding hydrogens is 274 g/mol. The third kappa shape index (κ3) is 5.03. The Balaban J connectivity index is 1.59. The second kappa shape index (κ2) is 7.58. The van der Waals surface area contributed by atoms with Crippen LogP contribution >= 0.6 is 0 Å². The van der Waals surface area contributed by atoms with Crippen LogP contribution in [0.3, 0.4) is 0 Å². The lowest BCUT2D eigenvalue weighted by atomic mass is 10.2. The van der Waals surface area contributed by atoms with E-state index in [0.717, 1.165) is 5.69 Å². The van der Waals surface area contributed by atoms with Gasteiger partial charge in [-0.15, -0.1) is 0 Å². The van der Waals surface area contributed by atoms with E-state index >= 15 is 0 Å². The Kier molecular flexibility index (Phi) is 5.51. The van der Waals surface area contributed by atoms with Crippen LogP contribution in [0.5, 0.6) is 0 Å². The van der Waals surface area contributed by atoms with Gasteiger partial charge in [-0.3, -0.25) is 4.98 Å². The quantitative estimate of drug-likeness (QED) is 0.711. The number of carbonyl (C=O) groups is 2. The topological polar surface area (TPSA) is 101 Å². The third-order valence-electron chi connectivity index (χ3n) is 3.27. The summed E-state index contributed by atoms with van der Waals surface area (Å²) in [5, 5.41) is 14.2. The second-order valence-electron chi connectivity index (χ2n) is 4.87. The van der Waals surface area contributed by atoms with E-state index in [0.29, 0.717) is 32.4 Å². The number of rotatable bonds is 6. The van der Waals surface area contributed by atoms with Crippen LogP contribution in [0.4, 0.5) is 4.79 Å². The highest BCUT2D eigenvalue weighted by atomic mass is 16.5. The second-order valence-corrected chi connectivity index (χ2v) is 4.87. The summed E-state index contributed by atoms with van der Waals surface area (Å²) in [6.07, 6.45) is 2.53. The van der Waals surface area contributed by atoms with Crippen LogP contribution in [0, 0.1) is 0 Å². The predicted octanol–water partition coefficient (Wildman–Crippen LogP) is 0.555. The Hall–Kier alpha value is -2.15. The summed E-state index contributed by atoms with van der Waals surface area (Å²) in [5.74, 6) is -0.947. The van der Waals surface area contributed by atoms with E-state index in [2.05, 4.69) is 15.6 Å². The molecule has 0 radical (unpaired) electrons. The Bertz CT molecular complexity index is 480. The number of carboxylic acids is 1. The third-order valence-corrected chi connectivity index (χ3v) is 3.27. The zero-order chi connectivity index (χ0) is 15.1. The van der Waals surface area contributed by atoms with Crippen molar-refractivity contribution in [1.82, 2.24) is 15.6 Å². The molecule has 7 nitrogen and oxygen atoms in total. The molecule has 1 aromatic rings. The van der Waals surface area contributed by atoms with Crippen molar-refractivity contribution in [2.45, 2.75) is 31.5 Å². The molecule has 0 aromatic carbocycles. The smallest absolute Gasteiger partial charge is 0.332 e. The van der Waals surface area contributed by atoms with Gasteiger partial charge in [0.15, 0.2) is 6.10 Å². The molecule has 0 aliphatic carbocycles. The number of amides is 2. The van der Waals surface area contributed by atoms with Gasteiger partial charge in [0.2, 0.25) is 0 Å². The van der Waals surface area contributed by atoms with Crippen LogP contribution < -0.4 is 10.6 Å². The molecule has 1 saturated heterocycles. The van der Waals surface area contributed by atoms with Crippen molar-refractivity contribution in [1.29, 1.82) is 0 Å². The number of pyridine rings is 1. The van der Waals surface area contributed by atoms with Gasteiger partial charge in [0.1, 0.15) is 0 Å². The first-order chi connectivity index (χ1) is 10.1. The molecular formula is C14H19N3O4. The van der Waals surface area contributed by atoms with Gasteiger partial charge in [-0.2, -0.15) is 0 Å². The average molecular weight is 293 g/mol. The Morgan fingerprint density at radius 3 is 2.86 bits per heavy atom. The van der Waals surface area contributed by atoms with Gasteiger partial charge in [-0.1, -0.05) is 6.07 Å². The fourth-order valence-corrected chi connectivity index (χ4v) is 2.16. The van der Waals surface area contributed by atoms with Crippen molar-refractivity contribution in [3.63, 3.8) is 0 Å². The molecule has 3 N–H and O–H groups in total. The zero-order valence-corrected chi connectivity index (χ0v) is 11.6. The van der Waals surface area contributed by atoms with E-state index in [1.165, 1.54) is 0 Å². The number of aromatic nitrogens is 1. The molecule has 2 amide bonds. The summed E-state index contributed by atoms with van der Waals surface area (Å²) in [4.78, 5) is 26.5. The van der Waals surface area contributed by atoms with Crippen LogP contribution in [0.15, 0.2) is 24.4 Å². The number of ether oxygens (including phenoxy) is 1. The van der Waals surface area contributed by atoms with E-state index in [4.69, 9.17) is 9.84 Å². The molecule has 1 aliphatic rings. The van der Waals surface area contributed by atoms with Crippen molar-refractivity contribution < 1.29 is 19.4 Å². The molecule has 21 heavy (non-hydrogen) atoms. The molecule has 114 valence electrons. The summed E-state index contributed by atoms with van der Waals surface area (Å²) in [7, 11) is 0. The number of aliphatic carboxylic acids is 1. The molecule has 7 heteroatoms. The standard InChI is InChI=1S/C14H19N3O4/c18-13(19)12-5-4-11(21-12)9-17-14(20)16-8-6-10-3-1-2-7-15-10/h1-3,7,11-12H,4-6,8-9H2,(H,18,19)(H2,16,17,20). The molecule has 2 heterocycles. The van der Waals surface area contributed by atoms with Gasteiger partial charge in [-0.05, 0) is 25.0 Å². The van der Waals surface area contributed by atoms with Crippen molar-refractivity contribution in [2.75, 3.05) is 13.1 Å². The largest absolute Gasteiger partial charge is 0.479 e. The van der Waals surface area contributed by atoms with Gasteiger partial charge >= 0.3 is 12.0 Å². The number of nitrogens with one attached hydrogen (secondary N) is 2. The number of carboxylic acid groups (broad SMARTS) is 1. The van der Waals surface area contributed by atoms with E-state index < -0.39 is 12.1 Å². The maximum atomic E-state index is 11.6. The first kappa shape index (κ1) is 15.2. The van der Waals surface area contributed by atoms with Crippen LogP contribution in [0.2, 0.25) is 0 Å². The minimum atomic E-state index is -0.947. The van der Waals surface area contributed by atoms with Crippen molar-refractivity contribution in [3.05, 3.63) is 30.1 Å². The highest BCUT2D eigenvalue weighted by Gasteiger charge is 2.30. The molecule has 1 aliphatic heterocycles. The minimum Gasteiger partial charge on any atom is -0.479 e. The average Bonchev–Trinajstić information content (AvgIpc) is 2.95.